The van der Waals surface area contributed by atoms with Gasteiger partial charge in [0, 0.05) is 37.3 Å². The van der Waals surface area contributed by atoms with Gasteiger partial charge in [0.1, 0.15) is 5.75 Å². The number of nitrogens with one attached hydrogen (secondary N) is 2. The van der Waals surface area contributed by atoms with Crippen LogP contribution in [0.25, 0.3) is 0 Å². The lowest BCUT2D eigenvalue weighted by atomic mass is 9.96. The highest BCUT2D eigenvalue weighted by Gasteiger charge is 2.19. The maximum atomic E-state index is 12.3. The molecule has 0 radical (unpaired) electrons. The summed E-state index contributed by atoms with van der Waals surface area (Å²) < 4.78 is 10.6. The Morgan fingerprint density at radius 3 is 2.96 bits per heavy atom. The minimum absolute atomic E-state index is 0.0413. The number of methoxy groups -OCH3 is 1. The summed E-state index contributed by atoms with van der Waals surface area (Å²) in [5, 5.41) is 10.2. The largest absolute Gasteiger partial charge is 0.497 e. The molecule has 1 fully saturated rings. The number of rotatable bonds is 6. The van der Waals surface area contributed by atoms with Crippen LogP contribution in [0.3, 0.4) is 0 Å². The van der Waals surface area contributed by atoms with Crippen LogP contribution in [-0.4, -0.2) is 36.4 Å². The lowest BCUT2D eigenvalue weighted by Gasteiger charge is -2.20. The van der Waals surface area contributed by atoms with Gasteiger partial charge in [-0.25, -0.2) is 0 Å². The molecule has 2 heterocycles. The number of hydrogen-bond acceptors (Lipinski definition) is 4. The van der Waals surface area contributed by atoms with Crippen molar-refractivity contribution in [2.24, 2.45) is 0 Å². The molecule has 6 heteroatoms. The van der Waals surface area contributed by atoms with Crippen molar-refractivity contribution in [2.75, 3.05) is 25.6 Å². The van der Waals surface area contributed by atoms with E-state index < -0.39 is 0 Å². The van der Waals surface area contributed by atoms with E-state index in [0.717, 1.165) is 43.1 Å². The van der Waals surface area contributed by atoms with Crippen molar-refractivity contribution in [2.45, 2.75) is 38.0 Å². The van der Waals surface area contributed by atoms with Crippen LogP contribution in [0.5, 0.6) is 5.75 Å². The Morgan fingerprint density at radius 1 is 1.40 bits per heavy atom. The van der Waals surface area contributed by atoms with Crippen LogP contribution >= 0.6 is 0 Å². The van der Waals surface area contributed by atoms with Crippen LogP contribution in [0.15, 0.2) is 30.3 Å². The van der Waals surface area contributed by atoms with Crippen LogP contribution in [0.1, 0.15) is 49.3 Å². The summed E-state index contributed by atoms with van der Waals surface area (Å²) in [6.07, 6.45) is 2.37. The van der Waals surface area contributed by atoms with Gasteiger partial charge in [0.25, 0.3) is 0 Å². The molecule has 1 atom stereocenters. The molecule has 134 valence electrons. The monoisotopic (exact) mass is 343 g/mol. The molecule has 2 aromatic rings. The molecule has 25 heavy (non-hydrogen) atoms. The Hall–Kier alpha value is -2.34. The van der Waals surface area contributed by atoms with Crippen molar-refractivity contribution in [1.29, 1.82) is 0 Å². The molecular weight excluding hydrogens is 318 g/mol. The Kier molecular flexibility index (Phi) is 5.71. The first-order chi connectivity index (χ1) is 12.2. The lowest BCUT2D eigenvalue weighted by Crippen LogP contribution is -2.15. The summed E-state index contributed by atoms with van der Waals surface area (Å²) in [6, 6.07) is 9.76. The van der Waals surface area contributed by atoms with Crippen molar-refractivity contribution in [3.8, 4) is 5.75 Å². The number of hydrogen-bond donors (Lipinski definition) is 2. The zero-order valence-electron chi connectivity index (χ0n) is 14.7. The van der Waals surface area contributed by atoms with Gasteiger partial charge in [0.2, 0.25) is 5.91 Å². The predicted octanol–water partition coefficient (Wildman–Crippen LogP) is 3.44. The maximum Gasteiger partial charge on any atom is 0.226 e. The smallest absolute Gasteiger partial charge is 0.226 e. The summed E-state index contributed by atoms with van der Waals surface area (Å²) in [6.45, 7) is 3.60. The molecule has 1 amide bonds. The molecule has 0 bridgehead atoms. The van der Waals surface area contributed by atoms with E-state index in [1.54, 1.807) is 7.11 Å². The van der Waals surface area contributed by atoms with E-state index in [9.17, 15) is 4.79 Å². The highest BCUT2D eigenvalue weighted by atomic mass is 16.5. The van der Waals surface area contributed by atoms with Crippen LogP contribution < -0.4 is 10.1 Å². The summed E-state index contributed by atoms with van der Waals surface area (Å²) in [5.74, 6) is 1.88. The van der Waals surface area contributed by atoms with Crippen molar-refractivity contribution in [3.63, 3.8) is 0 Å². The summed E-state index contributed by atoms with van der Waals surface area (Å²) >= 11 is 0. The van der Waals surface area contributed by atoms with Crippen LogP contribution in [-0.2, 0) is 9.53 Å². The molecular formula is C19H25N3O3. The van der Waals surface area contributed by atoms with Crippen molar-refractivity contribution < 1.29 is 14.3 Å². The average Bonchev–Trinajstić information content (AvgIpc) is 3.10. The van der Waals surface area contributed by atoms with Crippen LogP contribution in [0.4, 0.5) is 5.82 Å². The highest BCUT2D eigenvalue weighted by Crippen LogP contribution is 2.27. The van der Waals surface area contributed by atoms with Crippen LogP contribution in [0, 0.1) is 0 Å². The number of aromatic amines is 1. The Balaban J connectivity index is 1.56. The van der Waals surface area contributed by atoms with Gasteiger partial charge in [0.05, 0.1) is 7.11 Å². The standard InChI is InChI=1S/C19H25N3O3/c1-13(15-4-3-5-16(11-15)24-2)10-19(23)20-18-12-17(21-22-18)14-6-8-25-9-7-14/h3-5,11-14H,6-10H2,1-2H3,(H2,20,21,22,23). The molecule has 6 nitrogen and oxygen atoms in total. The fraction of sp³-hybridized carbons (Fsp3) is 0.474. The van der Waals surface area contributed by atoms with Crippen molar-refractivity contribution in [1.82, 2.24) is 10.2 Å². The number of carbonyl (C=O) groups excluding carboxylic acids is 1. The molecule has 1 unspecified atom stereocenters. The van der Waals surface area contributed by atoms with Gasteiger partial charge in [-0.3, -0.25) is 9.89 Å². The molecule has 2 N–H and O–H groups in total. The second-order valence-electron chi connectivity index (χ2n) is 6.53. The topological polar surface area (TPSA) is 76.2 Å². The van der Waals surface area contributed by atoms with Gasteiger partial charge in [-0.1, -0.05) is 19.1 Å². The van der Waals surface area contributed by atoms with E-state index in [1.807, 2.05) is 37.3 Å². The summed E-state index contributed by atoms with van der Waals surface area (Å²) in [7, 11) is 1.64. The van der Waals surface area contributed by atoms with E-state index in [0.29, 0.717) is 18.2 Å². The zero-order chi connectivity index (χ0) is 17.6. The van der Waals surface area contributed by atoms with Gasteiger partial charge in [-0.2, -0.15) is 5.10 Å². The Bertz CT molecular complexity index is 707. The molecule has 1 saturated heterocycles. The summed E-state index contributed by atoms with van der Waals surface area (Å²) in [5.41, 5.74) is 2.15. The highest BCUT2D eigenvalue weighted by molar-refractivity contribution is 5.90. The number of carbonyl (C=O) groups is 1. The van der Waals surface area contributed by atoms with E-state index >= 15 is 0 Å². The normalized spacial score (nSPS) is 16.4. The predicted molar refractivity (Wildman–Crippen MR) is 96.0 cm³/mol. The third kappa shape index (κ3) is 4.60. The Morgan fingerprint density at radius 2 is 2.20 bits per heavy atom. The fourth-order valence-corrected chi connectivity index (χ4v) is 3.16. The van der Waals surface area contributed by atoms with Gasteiger partial charge in [-0.05, 0) is 36.5 Å². The van der Waals surface area contributed by atoms with Crippen molar-refractivity contribution >= 4 is 11.7 Å². The van der Waals surface area contributed by atoms with E-state index in [2.05, 4.69) is 15.5 Å². The second-order valence-corrected chi connectivity index (χ2v) is 6.53. The van der Waals surface area contributed by atoms with Gasteiger partial charge >= 0.3 is 0 Å². The number of amides is 1. The molecule has 1 aliphatic rings. The van der Waals surface area contributed by atoms with E-state index in [-0.39, 0.29) is 11.8 Å². The lowest BCUT2D eigenvalue weighted by molar-refractivity contribution is -0.116. The summed E-state index contributed by atoms with van der Waals surface area (Å²) in [4.78, 5) is 12.3. The average molecular weight is 343 g/mol. The zero-order valence-corrected chi connectivity index (χ0v) is 14.7. The second kappa shape index (κ2) is 8.16. The molecule has 0 spiro atoms. The number of nitrogens with zero attached hydrogens (tertiary/aromatic N) is 1. The minimum atomic E-state index is -0.0413. The maximum absolute atomic E-state index is 12.3. The number of H-pyrrole nitrogens is 1. The minimum Gasteiger partial charge on any atom is -0.497 e. The molecule has 3 rings (SSSR count). The number of aromatic nitrogens is 2. The molecule has 1 aromatic carbocycles. The van der Waals surface area contributed by atoms with Gasteiger partial charge < -0.3 is 14.8 Å². The first-order valence-corrected chi connectivity index (χ1v) is 8.72. The van der Waals surface area contributed by atoms with Gasteiger partial charge in [0.15, 0.2) is 5.82 Å². The SMILES string of the molecule is COc1cccc(C(C)CC(=O)Nc2cc(C3CCOCC3)[nH]n2)c1. The molecule has 1 aromatic heterocycles. The van der Waals surface area contributed by atoms with E-state index in [4.69, 9.17) is 9.47 Å². The van der Waals surface area contributed by atoms with Gasteiger partial charge in [-0.15, -0.1) is 0 Å². The first-order valence-electron chi connectivity index (χ1n) is 8.72. The quantitative estimate of drug-likeness (QED) is 0.842. The molecule has 0 saturated carbocycles. The first kappa shape index (κ1) is 17.5. The van der Waals surface area contributed by atoms with Crippen molar-refractivity contribution in [3.05, 3.63) is 41.6 Å². The van der Waals surface area contributed by atoms with E-state index in [1.165, 1.54) is 0 Å². The van der Waals surface area contributed by atoms with Crippen LogP contribution in [0.2, 0.25) is 0 Å². The number of benzene rings is 1. The third-order valence-corrected chi connectivity index (χ3v) is 4.68. The molecule has 1 aliphatic heterocycles. The number of anilines is 1. The third-order valence-electron chi connectivity index (χ3n) is 4.68. The number of ether oxygens (including phenoxy) is 2. The molecule has 0 aliphatic carbocycles. The fourth-order valence-electron chi connectivity index (χ4n) is 3.16. The Labute approximate surface area is 147 Å².